The van der Waals surface area contributed by atoms with Crippen LogP contribution in [0.1, 0.15) is 38.7 Å². The van der Waals surface area contributed by atoms with Gasteiger partial charge in [-0.3, -0.25) is 19.2 Å². The third kappa shape index (κ3) is 9.59. The Morgan fingerprint density at radius 1 is 0.949 bits per heavy atom. The summed E-state index contributed by atoms with van der Waals surface area (Å²) in [6, 6.07) is 3.04. The lowest BCUT2D eigenvalue weighted by molar-refractivity contribution is -0.142. The van der Waals surface area contributed by atoms with Gasteiger partial charge in [0.05, 0.1) is 6.04 Å². The Labute approximate surface area is 231 Å². The molecule has 9 N–H and O–H groups in total. The standard InChI is InChI=1S/C26H38N6O6S/c1-14(2)22(28)25(36)32-20(12-15-13-29-17-7-5-4-6-16(15)17)24(35)30-18(8-9-21(27)33)23(34)31-19(26(37)38)10-11-39-3/h4-7,13-14,18-20,22,29H,8-12,28H2,1-3H3,(H2,27,33)(H,30,35)(H,31,34)(H,32,36)(H,37,38). The average molecular weight is 563 g/mol. The van der Waals surface area contributed by atoms with Crippen molar-refractivity contribution in [2.45, 2.75) is 63.7 Å². The topological polar surface area (TPSA) is 209 Å². The van der Waals surface area contributed by atoms with Crippen LogP contribution in [0.3, 0.4) is 0 Å². The number of nitrogens with one attached hydrogen (secondary N) is 4. The van der Waals surface area contributed by atoms with E-state index >= 15 is 0 Å². The Morgan fingerprint density at radius 3 is 2.18 bits per heavy atom. The number of carboxylic acid groups (broad SMARTS) is 1. The van der Waals surface area contributed by atoms with Gasteiger partial charge in [-0.1, -0.05) is 32.0 Å². The third-order valence-corrected chi connectivity index (χ3v) is 6.93. The van der Waals surface area contributed by atoms with E-state index in [9.17, 15) is 29.1 Å². The van der Waals surface area contributed by atoms with E-state index in [1.54, 1.807) is 20.0 Å². The zero-order valence-electron chi connectivity index (χ0n) is 22.4. The van der Waals surface area contributed by atoms with Crippen molar-refractivity contribution >= 4 is 52.3 Å². The first-order valence-electron chi connectivity index (χ1n) is 12.7. The molecular formula is C26H38N6O6S. The monoisotopic (exact) mass is 562 g/mol. The molecule has 1 aromatic heterocycles. The van der Waals surface area contributed by atoms with Crippen LogP contribution < -0.4 is 27.4 Å². The Bertz CT molecular complexity index is 1170. The number of amides is 4. The molecule has 0 bridgehead atoms. The molecule has 4 amide bonds. The number of primary amides is 1. The van der Waals surface area contributed by atoms with Gasteiger partial charge in [0.15, 0.2) is 0 Å². The van der Waals surface area contributed by atoms with Crippen molar-refractivity contribution in [1.82, 2.24) is 20.9 Å². The molecule has 39 heavy (non-hydrogen) atoms. The van der Waals surface area contributed by atoms with E-state index in [4.69, 9.17) is 11.5 Å². The van der Waals surface area contributed by atoms with Crippen LogP contribution in [-0.4, -0.2) is 75.9 Å². The smallest absolute Gasteiger partial charge is 0.326 e. The number of nitrogens with two attached hydrogens (primary N) is 2. The van der Waals surface area contributed by atoms with E-state index in [1.807, 2.05) is 30.5 Å². The van der Waals surface area contributed by atoms with E-state index in [0.29, 0.717) is 5.75 Å². The molecular weight excluding hydrogens is 524 g/mol. The molecule has 0 saturated heterocycles. The highest BCUT2D eigenvalue weighted by atomic mass is 32.2. The van der Waals surface area contributed by atoms with Crippen molar-refractivity contribution < 1.29 is 29.1 Å². The Morgan fingerprint density at radius 2 is 1.56 bits per heavy atom. The number of benzene rings is 1. The van der Waals surface area contributed by atoms with Crippen LogP contribution in [0.2, 0.25) is 0 Å². The maximum absolute atomic E-state index is 13.5. The maximum Gasteiger partial charge on any atom is 0.326 e. The quantitative estimate of drug-likeness (QED) is 0.150. The minimum Gasteiger partial charge on any atom is -0.480 e. The van der Waals surface area contributed by atoms with Crippen LogP contribution in [0.15, 0.2) is 30.5 Å². The summed E-state index contributed by atoms with van der Waals surface area (Å²) in [4.78, 5) is 65.6. The van der Waals surface area contributed by atoms with Gasteiger partial charge in [-0.15, -0.1) is 0 Å². The van der Waals surface area contributed by atoms with Crippen LogP contribution in [-0.2, 0) is 30.4 Å². The number of hydrogen-bond acceptors (Lipinski definition) is 7. The first kappa shape index (κ1) is 31.6. The second-order valence-electron chi connectivity index (χ2n) is 9.64. The summed E-state index contributed by atoms with van der Waals surface area (Å²) >= 11 is 1.43. The Kier molecular flexibility index (Phi) is 12.3. The highest BCUT2D eigenvalue weighted by molar-refractivity contribution is 7.98. The lowest BCUT2D eigenvalue weighted by Gasteiger charge is -2.25. The molecule has 0 saturated carbocycles. The van der Waals surface area contributed by atoms with Crippen molar-refractivity contribution in [3.63, 3.8) is 0 Å². The number of aromatic nitrogens is 1. The number of rotatable bonds is 16. The van der Waals surface area contributed by atoms with Crippen LogP contribution in [0, 0.1) is 5.92 Å². The minimum atomic E-state index is -1.26. The Balaban J connectivity index is 2.30. The van der Waals surface area contributed by atoms with Crippen LogP contribution >= 0.6 is 11.8 Å². The summed E-state index contributed by atoms with van der Waals surface area (Å²) in [7, 11) is 0. The predicted molar refractivity (Wildman–Crippen MR) is 150 cm³/mol. The lowest BCUT2D eigenvalue weighted by atomic mass is 10.0. The van der Waals surface area contributed by atoms with Gasteiger partial charge in [0.2, 0.25) is 23.6 Å². The number of thioether (sulfide) groups is 1. The molecule has 0 fully saturated rings. The largest absolute Gasteiger partial charge is 0.480 e. The van der Waals surface area contributed by atoms with Gasteiger partial charge in [0.1, 0.15) is 18.1 Å². The zero-order valence-corrected chi connectivity index (χ0v) is 23.2. The summed E-state index contributed by atoms with van der Waals surface area (Å²) in [6.07, 6.45) is 3.43. The van der Waals surface area contributed by atoms with E-state index in [1.165, 1.54) is 11.8 Å². The first-order valence-corrected chi connectivity index (χ1v) is 14.1. The lowest BCUT2D eigenvalue weighted by Crippen LogP contribution is -2.58. The van der Waals surface area contributed by atoms with Gasteiger partial charge in [-0.2, -0.15) is 11.8 Å². The number of carboxylic acids is 1. The van der Waals surface area contributed by atoms with E-state index in [2.05, 4.69) is 20.9 Å². The number of aromatic amines is 1. The molecule has 1 aromatic carbocycles. The third-order valence-electron chi connectivity index (χ3n) is 6.29. The SMILES string of the molecule is CSCCC(NC(=O)C(CCC(N)=O)NC(=O)C(Cc1c[nH]c2ccccc12)NC(=O)C(N)C(C)C)C(=O)O. The molecule has 12 nitrogen and oxygen atoms in total. The van der Waals surface area contributed by atoms with Gasteiger partial charge >= 0.3 is 5.97 Å². The van der Waals surface area contributed by atoms with E-state index < -0.39 is 53.8 Å². The number of hydrogen-bond donors (Lipinski definition) is 7. The number of carbonyl (C=O) groups excluding carboxylic acids is 4. The zero-order chi connectivity index (χ0) is 29.1. The highest BCUT2D eigenvalue weighted by Gasteiger charge is 2.31. The summed E-state index contributed by atoms with van der Waals surface area (Å²) in [5, 5.41) is 18.1. The Hall–Kier alpha value is -3.58. The van der Waals surface area contributed by atoms with Gasteiger partial charge in [0.25, 0.3) is 0 Å². The van der Waals surface area contributed by atoms with Crippen LogP contribution in [0.5, 0.6) is 0 Å². The van der Waals surface area contributed by atoms with Gasteiger partial charge in [-0.05, 0) is 42.4 Å². The molecule has 0 radical (unpaired) electrons. The van der Waals surface area contributed by atoms with E-state index in [0.717, 1.165) is 16.5 Å². The normalized spacial score (nSPS) is 14.3. The van der Waals surface area contributed by atoms with Crippen molar-refractivity contribution in [2.24, 2.45) is 17.4 Å². The molecule has 4 atom stereocenters. The second-order valence-corrected chi connectivity index (χ2v) is 10.6. The fourth-order valence-corrected chi connectivity index (χ4v) is 4.36. The molecule has 0 spiro atoms. The minimum absolute atomic E-state index is 0.0854. The van der Waals surface area contributed by atoms with Gasteiger partial charge in [-0.25, -0.2) is 4.79 Å². The molecule has 4 unspecified atom stereocenters. The molecule has 1 heterocycles. The van der Waals surface area contributed by atoms with Crippen LogP contribution in [0.4, 0.5) is 0 Å². The van der Waals surface area contributed by atoms with Gasteiger partial charge in [0, 0.05) is 29.9 Å². The fraction of sp³-hybridized carbons (Fsp3) is 0.500. The summed E-state index contributed by atoms with van der Waals surface area (Å²) in [5.74, 6) is -3.60. The molecule has 2 aromatic rings. The summed E-state index contributed by atoms with van der Waals surface area (Å²) in [6.45, 7) is 3.55. The molecule has 0 aliphatic carbocycles. The number of carbonyl (C=O) groups is 5. The molecule has 13 heteroatoms. The molecule has 2 rings (SSSR count). The van der Waals surface area contributed by atoms with Crippen molar-refractivity contribution in [3.8, 4) is 0 Å². The van der Waals surface area contributed by atoms with Crippen molar-refractivity contribution in [1.29, 1.82) is 0 Å². The average Bonchev–Trinajstić information content (AvgIpc) is 3.30. The predicted octanol–water partition coefficient (Wildman–Crippen LogP) is 0.251. The second kappa shape index (κ2) is 15.1. The molecule has 0 aliphatic heterocycles. The number of fused-ring (bicyclic) bond motifs is 1. The molecule has 0 aliphatic rings. The van der Waals surface area contributed by atoms with Crippen LogP contribution in [0.25, 0.3) is 10.9 Å². The fourth-order valence-electron chi connectivity index (χ4n) is 3.89. The van der Waals surface area contributed by atoms with E-state index in [-0.39, 0.29) is 31.6 Å². The first-order chi connectivity index (χ1) is 18.4. The van der Waals surface area contributed by atoms with Crippen molar-refractivity contribution in [2.75, 3.05) is 12.0 Å². The number of para-hydroxylation sites is 1. The number of aliphatic carboxylic acids is 1. The maximum atomic E-state index is 13.5. The molecule has 214 valence electrons. The summed E-state index contributed by atoms with van der Waals surface area (Å²) in [5.41, 5.74) is 12.9. The van der Waals surface area contributed by atoms with Crippen molar-refractivity contribution in [3.05, 3.63) is 36.0 Å². The summed E-state index contributed by atoms with van der Waals surface area (Å²) < 4.78 is 0. The van der Waals surface area contributed by atoms with Gasteiger partial charge < -0.3 is 37.5 Å². The highest BCUT2D eigenvalue weighted by Crippen LogP contribution is 2.19. The number of H-pyrrole nitrogens is 1.